The van der Waals surface area contributed by atoms with Crippen LogP contribution in [-0.2, 0) is 21.6 Å². The predicted molar refractivity (Wildman–Crippen MR) is 68.7 cm³/mol. The second kappa shape index (κ2) is 9.26. The van der Waals surface area contributed by atoms with Gasteiger partial charge in [0.2, 0.25) is 0 Å². The van der Waals surface area contributed by atoms with Gasteiger partial charge in [-0.2, -0.15) is 8.42 Å². The summed E-state index contributed by atoms with van der Waals surface area (Å²) in [5, 5.41) is 17.5. The molecule has 0 unspecified atom stereocenters. The van der Waals surface area contributed by atoms with Crippen LogP contribution in [0.5, 0.6) is 5.75 Å². The zero-order valence-corrected chi connectivity index (χ0v) is 9.91. The fourth-order valence-corrected chi connectivity index (χ4v) is 0.973. The van der Waals surface area contributed by atoms with Crippen LogP contribution in [0.3, 0.4) is 0 Å². The molecule has 0 saturated heterocycles. The molecule has 0 aliphatic carbocycles. The Morgan fingerprint density at radius 3 is 1.89 bits per heavy atom. The van der Waals surface area contributed by atoms with Crippen LogP contribution in [0.15, 0.2) is 24.3 Å². The topological polar surface area (TPSA) is 158 Å². The van der Waals surface area contributed by atoms with Crippen LogP contribution in [0.1, 0.15) is 5.56 Å². The van der Waals surface area contributed by atoms with Gasteiger partial charge in [-0.25, -0.2) is 0 Å². The summed E-state index contributed by atoms with van der Waals surface area (Å²) in [6, 6.07) is 5.42. The van der Waals surface area contributed by atoms with Crippen molar-refractivity contribution >= 4 is 45.9 Å². The Labute approximate surface area is 132 Å². The van der Waals surface area contributed by atoms with Gasteiger partial charge in [-0.3, -0.25) is 13.9 Å². The van der Waals surface area contributed by atoms with Gasteiger partial charge in [-0.15, -0.1) is 0 Å². The molecule has 1 aromatic carbocycles. The summed E-state index contributed by atoms with van der Waals surface area (Å²) in [6.45, 7) is 0. The molecule has 0 spiro atoms. The Balaban J connectivity index is 0. The van der Waals surface area contributed by atoms with Crippen LogP contribution in [0.4, 0.5) is 0 Å². The number of carboxylic acids is 1. The van der Waals surface area contributed by atoms with E-state index in [1.165, 1.54) is 12.1 Å². The van der Waals surface area contributed by atoms with E-state index in [0.29, 0.717) is 0 Å². The molecule has 6 N–H and O–H groups in total. The van der Waals surface area contributed by atoms with Crippen molar-refractivity contribution in [1.29, 1.82) is 0 Å². The number of rotatable bonds is 3. The van der Waals surface area contributed by atoms with E-state index in [-0.39, 0.29) is 41.7 Å². The monoisotopic (exact) mass is 303 g/mol. The maximum absolute atomic E-state index is 10.4. The molecule has 19 heavy (non-hydrogen) atoms. The summed E-state index contributed by atoms with van der Waals surface area (Å²) in [5.41, 5.74) is 6.12. The molecule has 0 saturated carbocycles. The first-order valence-corrected chi connectivity index (χ1v) is 5.95. The predicted octanol–water partition coefficient (Wildman–Crippen LogP) is -0.955. The third kappa shape index (κ3) is 13.6. The Bertz CT molecular complexity index is 480. The fourth-order valence-electron chi connectivity index (χ4n) is 0.973. The summed E-state index contributed by atoms with van der Waals surface area (Å²) >= 11 is 0. The van der Waals surface area contributed by atoms with Crippen molar-refractivity contribution in [2.24, 2.45) is 5.73 Å². The zero-order valence-electron chi connectivity index (χ0n) is 9.09. The van der Waals surface area contributed by atoms with Crippen molar-refractivity contribution in [2.45, 2.75) is 12.5 Å². The molecule has 0 fully saturated rings. The van der Waals surface area contributed by atoms with Crippen molar-refractivity contribution in [3.05, 3.63) is 29.8 Å². The number of aliphatic carboxylic acids is 1. The molecule has 0 aliphatic heterocycles. The third-order valence-electron chi connectivity index (χ3n) is 1.71. The maximum atomic E-state index is 10.4. The van der Waals surface area contributed by atoms with E-state index < -0.39 is 22.4 Å². The second-order valence-corrected chi connectivity index (χ2v) is 4.16. The molecular weight excluding hydrogens is 289 g/mol. The molecule has 0 aromatic heterocycles. The molecular formula is C9H14NNaO7S. The van der Waals surface area contributed by atoms with E-state index in [9.17, 15) is 4.79 Å². The first-order chi connectivity index (χ1) is 8.09. The van der Waals surface area contributed by atoms with Crippen molar-refractivity contribution in [1.82, 2.24) is 0 Å². The van der Waals surface area contributed by atoms with E-state index in [1.807, 2.05) is 0 Å². The first kappa shape index (κ1) is 20.6. The number of phenols is 1. The molecule has 1 rings (SSSR count). The van der Waals surface area contributed by atoms with Crippen LogP contribution < -0.4 is 5.73 Å². The van der Waals surface area contributed by atoms with E-state index >= 15 is 0 Å². The Morgan fingerprint density at radius 1 is 1.21 bits per heavy atom. The minimum atomic E-state index is -4.67. The summed E-state index contributed by atoms with van der Waals surface area (Å²) in [6.07, 6.45) is 0.273. The van der Waals surface area contributed by atoms with Crippen molar-refractivity contribution in [3.63, 3.8) is 0 Å². The summed E-state index contributed by atoms with van der Waals surface area (Å²) in [5.74, 6) is -0.860. The molecule has 0 amide bonds. The van der Waals surface area contributed by atoms with E-state index in [4.69, 9.17) is 33.5 Å². The SMILES string of the molecule is N[C@@H](Cc1ccc(O)cc1)C(=O)O.O=S(=O)(O)O.[NaH]. The van der Waals surface area contributed by atoms with Crippen molar-refractivity contribution in [2.75, 3.05) is 0 Å². The average Bonchev–Trinajstić information content (AvgIpc) is 2.18. The normalized spacial score (nSPS) is 11.5. The average molecular weight is 303 g/mol. The van der Waals surface area contributed by atoms with Gasteiger partial charge < -0.3 is 15.9 Å². The fraction of sp³-hybridized carbons (Fsp3) is 0.222. The summed E-state index contributed by atoms with van der Waals surface area (Å²) in [4.78, 5) is 10.4. The second-order valence-electron chi connectivity index (χ2n) is 3.26. The van der Waals surface area contributed by atoms with Crippen LogP contribution in [-0.4, -0.2) is 69.3 Å². The zero-order chi connectivity index (χ0) is 14.3. The molecule has 0 radical (unpaired) electrons. The molecule has 10 heteroatoms. The first-order valence-electron chi connectivity index (χ1n) is 4.55. The van der Waals surface area contributed by atoms with Crippen LogP contribution in [0, 0.1) is 0 Å². The van der Waals surface area contributed by atoms with Crippen LogP contribution >= 0.6 is 0 Å². The van der Waals surface area contributed by atoms with Gasteiger partial charge in [0.05, 0.1) is 0 Å². The molecule has 104 valence electrons. The Hall–Kier alpha value is -0.680. The molecule has 8 nitrogen and oxygen atoms in total. The minimum absolute atomic E-state index is 0. The number of aromatic hydroxyl groups is 1. The van der Waals surface area contributed by atoms with Crippen molar-refractivity contribution in [3.8, 4) is 5.75 Å². The van der Waals surface area contributed by atoms with Gasteiger partial charge in [0, 0.05) is 0 Å². The van der Waals surface area contributed by atoms with Gasteiger partial charge in [0.15, 0.2) is 0 Å². The summed E-state index contributed by atoms with van der Waals surface area (Å²) < 4.78 is 31.6. The molecule has 0 heterocycles. The van der Waals surface area contributed by atoms with Crippen LogP contribution in [0.25, 0.3) is 0 Å². The number of carbonyl (C=O) groups is 1. The van der Waals surface area contributed by atoms with E-state index in [2.05, 4.69) is 0 Å². The number of hydrogen-bond donors (Lipinski definition) is 5. The van der Waals surface area contributed by atoms with Gasteiger partial charge in [0.25, 0.3) is 0 Å². The Morgan fingerprint density at radius 2 is 1.58 bits per heavy atom. The number of hydrogen-bond acceptors (Lipinski definition) is 5. The number of carboxylic acid groups (broad SMARTS) is 1. The number of benzene rings is 1. The quantitative estimate of drug-likeness (QED) is 0.353. The number of nitrogens with two attached hydrogens (primary N) is 1. The number of phenolic OH excluding ortho intramolecular Hbond substituents is 1. The van der Waals surface area contributed by atoms with Gasteiger partial charge in [0.1, 0.15) is 11.8 Å². The van der Waals surface area contributed by atoms with E-state index in [1.54, 1.807) is 12.1 Å². The van der Waals surface area contributed by atoms with Crippen LogP contribution in [0.2, 0.25) is 0 Å². The van der Waals surface area contributed by atoms with Gasteiger partial charge in [-0.1, -0.05) is 12.1 Å². The Kier molecular flexibility index (Phi) is 10.1. The van der Waals surface area contributed by atoms with Crippen molar-refractivity contribution < 1.29 is 32.5 Å². The van der Waals surface area contributed by atoms with Gasteiger partial charge in [-0.05, 0) is 24.1 Å². The third-order valence-corrected chi connectivity index (χ3v) is 1.71. The molecule has 1 atom stereocenters. The molecule has 0 aliphatic rings. The molecule has 1 aromatic rings. The van der Waals surface area contributed by atoms with E-state index in [0.717, 1.165) is 5.56 Å². The molecule has 0 bridgehead atoms. The standard InChI is InChI=1S/C9H11NO3.Na.H2O4S.H/c10-8(9(12)13)5-6-1-3-7(11)4-2-6;;1-5(2,3)4;/h1-4,8,11H,5,10H2,(H,12,13);;(H2,1,2,3,4);/t8-;;;/m0.../s1. The summed E-state index contributed by atoms with van der Waals surface area (Å²) in [7, 11) is -4.67. The van der Waals surface area contributed by atoms with Gasteiger partial charge >= 0.3 is 45.9 Å².